The smallest absolute Gasteiger partial charge is 0.269 e. The molecule has 6 nitrogen and oxygen atoms in total. The summed E-state index contributed by atoms with van der Waals surface area (Å²) in [4.78, 5) is 23.9. The lowest BCUT2D eigenvalue weighted by Crippen LogP contribution is -3.08. The van der Waals surface area contributed by atoms with Crippen molar-refractivity contribution in [2.24, 2.45) is 0 Å². The molecule has 0 atom stereocenters. The maximum atomic E-state index is 12.2. The van der Waals surface area contributed by atoms with Gasteiger partial charge in [-0.15, -0.1) is 0 Å². The predicted molar refractivity (Wildman–Crippen MR) is 91.1 cm³/mol. The molecule has 124 valence electrons. The number of rotatable bonds is 5. The number of nitro benzene ring substituents is 1. The van der Waals surface area contributed by atoms with Crippen LogP contribution < -0.4 is 10.2 Å². The Labute approximate surface area is 140 Å². The number of nitrogens with zero attached hydrogens (tertiary/aromatic N) is 1. The molecule has 0 unspecified atom stereocenters. The molecule has 24 heavy (non-hydrogen) atoms. The van der Waals surface area contributed by atoms with E-state index in [2.05, 4.69) is 5.32 Å². The van der Waals surface area contributed by atoms with Crippen LogP contribution in [0.3, 0.4) is 0 Å². The third-order valence-electron chi connectivity index (χ3n) is 4.32. The van der Waals surface area contributed by atoms with Gasteiger partial charge in [0.05, 0.1) is 18.0 Å². The zero-order chi connectivity index (χ0) is 16.9. The fourth-order valence-electron chi connectivity index (χ4n) is 2.98. The van der Waals surface area contributed by atoms with Gasteiger partial charge in [0.1, 0.15) is 6.54 Å². The summed E-state index contributed by atoms with van der Waals surface area (Å²) in [6, 6.07) is 13.4. The highest BCUT2D eigenvalue weighted by atomic mass is 16.6. The van der Waals surface area contributed by atoms with Crippen LogP contribution in [-0.2, 0) is 6.54 Å². The Kier molecular flexibility index (Phi) is 4.86. The molecular weight excluding hydrogens is 306 g/mol. The third-order valence-corrected chi connectivity index (χ3v) is 4.32. The van der Waals surface area contributed by atoms with Gasteiger partial charge >= 0.3 is 0 Å². The molecule has 2 aromatic carbocycles. The van der Waals surface area contributed by atoms with E-state index in [1.807, 2.05) is 24.3 Å². The third kappa shape index (κ3) is 3.97. The van der Waals surface area contributed by atoms with Crippen molar-refractivity contribution in [2.45, 2.75) is 19.4 Å². The normalized spacial score (nSPS) is 14.5. The number of nitrogens with one attached hydrogen (secondary N) is 2. The maximum Gasteiger partial charge on any atom is 0.269 e. The van der Waals surface area contributed by atoms with Crippen molar-refractivity contribution in [1.82, 2.24) is 0 Å². The molecule has 1 fully saturated rings. The Morgan fingerprint density at radius 3 is 2.25 bits per heavy atom. The maximum absolute atomic E-state index is 12.2. The van der Waals surface area contributed by atoms with Gasteiger partial charge in [-0.2, -0.15) is 0 Å². The van der Waals surface area contributed by atoms with Gasteiger partial charge in [0.25, 0.3) is 11.6 Å². The molecule has 2 N–H and O–H groups in total. The number of anilines is 1. The second-order valence-corrected chi connectivity index (χ2v) is 6.09. The predicted octanol–water partition coefficient (Wildman–Crippen LogP) is 2.03. The number of hydrogen-bond donors (Lipinski definition) is 2. The van der Waals surface area contributed by atoms with Gasteiger partial charge in [0.15, 0.2) is 0 Å². The molecule has 0 spiro atoms. The zero-order valence-electron chi connectivity index (χ0n) is 13.3. The highest BCUT2D eigenvalue weighted by Crippen LogP contribution is 2.14. The lowest BCUT2D eigenvalue weighted by molar-refractivity contribution is -0.901. The Bertz CT molecular complexity index is 720. The molecule has 0 radical (unpaired) electrons. The lowest BCUT2D eigenvalue weighted by atomic mass is 10.1. The first kappa shape index (κ1) is 16.1. The molecule has 1 aliphatic rings. The van der Waals surface area contributed by atoms with Crippen LogP contribution in [0.2, 0.25) is 0 Å². The number of non-ortho nitro benzene ring substituents is 1. The molecule has 2 aromatic rings. The quantitative estimate of drug-likeness (QED) is 0.652. The van der Waals surface area contributed by atoms with Crippen LogP contribution >= 0.6 is 0 Å². The highest BCUT2D eigenvalue weighted by molar-refractivity contribution is 6.04. The van der Waals surface area contributed by atoms with Crippen molar-refractivity contribution < 1.29 is 14.6 Å². The van der Waals surface area contributed by atoms with Crippen LogP contribution in [0.5, 0.6) is 0 Å². The number of hydrogen-bond acceptors (Lipinski definition) is 3. The summed E-state index contributed by atoms with van der Waals surface area (Å²) >= 11 is 0. The van der Waals surface area contributed by atoms with Crippen LogP contribution in [0.1, 0.15) is 28.8 Å². The number of likely N-dealkylation sites (tertiary alicyclic amines) is 1. The first-order chi connectivity index (χ1) is 11.6. The molecule has 0 saturated carbocycles. The fraction of sp³-hybridized carbons (Fsp3) is 0.278. The van der Waals surface area contributed by atoms with Gasteiger partial charge < -0.3 is 10.2 Å². The van der Waals surface area contributed by atoms with Gasteiger partial charge in [-0.1, -0.05) is 12.1 Å². The molecule has 6 heteroatoms. The summed E-state index contributed by atoms with van der Waals surface area (Å²) in [7, 11) is 0. The average molecular weight is 326 g/mol. The topological polar surface area (TPSA) is 76.7 Å². The van der Waals surface area contributed by atoms with Crippen molar-refractivity contribution in [3.63, 3.8) is 0 Å². The minimum atomic E-state index is -0.483. The molecule has 0 aliphatic carbocycles. The van der Waals surface area contributed by atoms with E-state index >= 15 is 0 Å². The Balaban J connectivity index is 1.60. The Morgan fingerprint density at radius 1 is 1.04 bits per heavy atom. The van der Waals surface area contributed by atoms with Gasteiger partial charge in [-0.25, -0.2) is 0 Å². The number of carbonyl (C=O) groups is 1. The standard InChI is InChI=1S/C18H19N3O3/c22-18(15-5-9-17(10-6-15)21(23)24)19-16-7-3-14(4-8-16)13-20-11-1-2-12-20/h3-10H,1-2,11-13H2,(H,19,22)/p+1. The summed E-state index contributed by atoms with van der Waals surface area (Å²) in [5.74, 6) is -0.275. The van der Waals surface area contributed by atoms with Gasteiger partial charge in [-0.05, 0) is 24.3 Å². The molecule has 1 saturated heterocycles. The SMILES string of the molecule is O=C(Nc1ccc(C[NH+]2CCCC2)cc1)c1ccc([N+](=O)[O-])cc1. The second kappa shape index (κ2) is 7.23. The van der Waals surface area contributed by atoms with Crippen molar-refractivity contribution in [3.8, 4) is 0 Å². The van der Waals surface area contributed by atoms with Crippen molar-refractivity contribution >= 4 is 17.3 Å². The summed E-state index contributed by atoms with van der Waals surface area (Å²) in [5, 5.41) is 13.4. The molecular formula is C18H20N3O3+. The number of carbonyl (C=O) groups excluding carboxylic acids is 1. The monoisotopic (exact) mass is 326 g/mol. The summed E-state index contributed by atoms with van der Waals surface area (Å²) in [6.07, 6.45) is 2.61. The summed E-state index contributed by atoms with van der Waals surface area (Å²) in [6.45, 7) is 3.49. The van der Waals surface area contributed by atoms with E-state index in [0.29, 0.717) is 5.56 Å². The first-order valence-corrected chi connectivity index (χ1v) is 8.10. The van der Waals surface area contributed by atoms with E-state index in [9.17, 15) is 14.9 Å². The average Bonchev–Trinajstić information content (AvgIpc) is 3.09. The van der Waals surface area contributed by atoms with E-state index in [1.54, 1.807) is 4.90 Å². The summed E-state index contributed by atoms with van der Waals surface area (Å²) < 4.78 is 0. The van der Waals surface area contributed by atoms with Crippen molar-refractivity contribution in [1.29, 1.82) is 0 Å². The van der Waals surface area contributed by atoms with E-state index < -0.39 is 4.92 Å². The Hall–Kier alpha value is -2.73. The van der Waals surface area contributed by atoms with E-state index in [0.717, 1.165) is 12.2 Å². The van der Waals surface area contributed by atoms with Gasteiger partial charge in [0.2, 0.25) is 0 Å². The zero-order valence-corrected chi connectivity index (χ0v) is 13.3. The number of amides is 1. The first-order valence-electron chi connectivity index (χ1n) is 8.10. The van der Waals surface area contributed by atoms with E-state index in [1.165, 1.54) is 55.8 Å². The van der Waals surface area contributed by atoms with Gasteiger partial charge in [0, 0.05) is 41.8 Å². The van der Waals surface area contributed by atoms with Crippen LogP contribution in [-0.4, -0.2) is 23.9 Å². The summed E-state index contributed by atoms with van der Waals surface area (Å²) in [5.41, 5.74) is 2.35. The minimum absolute atomic E-state index is 0.0275. The molecule has 0 bridgehead atoms. The molecule has 1 amide bonds. The van der Waals surface area contributed by atoms with Crippen molar-refractivity contribution in [3.05, 3.63) is 69.8 Å². The largest absolute Gasteiger partial charge is 0.331 e. The molecule has 3 rings (SSSR count). The lowest BCUT2D eigenvalue weighted by Gasteiger charge is -2.12. The van der Waals surface area contributed by atoms with Crippen LogP contribution in [0.15, 0.2) is 48.5 Å². The van der Waals surface area contributed by atoms with Crippen LogP contribution in [0.25, 0.3) is 0 Å². The van der Waals surface area contributed by atoms with E-state index in [4.69, 9.17) is 0 Å². The number of nitro groups is 1. The van der Waals surface area contributed by atoms with Crippen LogP contribution in [0, 0.1) is 10.1 Å². The fourth-order valence-corrected chi connectivity index (χ4v) is 2.98. The van der Waals surface area contributed by atoms with Crippen molar-refractivity contribution in [2.75, 3.05) is 18.4 Å². The highest BCUT2D eigenvalue weighted by Gasteiger charge is 2.15. The minimum Gasteiger partial charge on any atom is -0.331 e. The number of benzene rings is 2. The van der Waals surface area contributed by atoms with Crippen LogP contribution in [0.4, 0.5) is 11.4 Å². The Morgan fingerprint density at radius 2 is 1.67 bits per heavy atom. The molecule has 0 aromatic heterocycles. The van der Waals surface area contributed by atoms with Gasteiger partial charge in [-0.3, -0.25) is 14.9 Å². The second-order valence-electron chi connectivity index (χ2n) is 6.09. The molecule has 1 heterocycles. The van der Waals surface area contributed by atoms with E-state index in [-0.39, 0.29) is 11.6 Å². The number of quaternary nitrogens is 1. The molecule has 1 aliphatic heterocycles.